The van der Waals surface area contributed by atoms with Crippen molar-refractivity contribution in [3.63, 3.8) is 0 Å². The van der Waals surface area contributed by atoms with E-state index in [1.165, 1.54) is 64.7 Å². The number of rotatable bonds is 5. The van der Waals surface area contributed by atoms with Crippen LogP contribution in [0.2, 0.25) is 0 Å². The van der Waals surface area contributed by atoms with Crippen molar-refractivity contribution in [3.05, 3.63) is 0 Å². The quantitative estimate of drug-likeness (QED) is 0.762. The molecule has 0 saturated carbocycles. The van der Waals surface area contributed by atoms with Crippen LogP contribution >= 0.6 is 0 Å². The van der Waals surface area contributed by atoms with Crippen molar-refractivity contribution in [2.24, 2.45) is 0 Å². The van der Waals surface area contributed by atoms with Crippen LogP contribution in [-0.2, 0) is 4.74 Å². The van der Waals surface area contributed by atoms with Gasteiger partial charge in [0.1, 0.15) is 0 Å². The number of ether oxygens (including phenoxy) is 1. The van der Waals surface area contributed by atoms with Gasteiger partial charge in [0.2, 0.25) is 0 Å². The van der Waals surface area contributed by atoms with Gasteiger partial charge in [-0.1, -0.05) is 12.8 Å². The molecule has 0 aromatic carbocycles. The molecule has 2 heterocycles. The van der Waals surface area contributed by atoms with E-state index in [1.807, 2.05) is 0 Å². The molecule has 2 saturated heterocycles. The lowest BCUT2D eigenvalue weighted by molar-refractivity contribution is 0.0386. The van der Waals surface area contributed by atoms with E-state index in [0.717, 1.165) is 19.2 Å². The number of likely N-dealkylation sites (tertiary alicyclic amines) is 2. The minimum atomic E-state index is 0.367. The fourth-order valence-corrected chi connectivity index (χ4v) is 3.41. The third kappa shape index (κ3) is 5.41. The van der Waals surface area contributed by atoms with Crippen LogP contribution in [0.25, 0.3) is 0 Å². The summed E-state index contributed by atoms with van der Waals surface area (Å²) in [5.74, 6) is 0. The van der Waals surface area contributed by atoms with E-state index in [0.29, 0.717) is 6.10 Å². The van der Waals surface area contributed by atoms with Crippen molar-refractivity contribution < 1.29 is 4.74 Å². The average Bonchev–Trinajstić information content (AvgIpc) is 2.67. The molecule has 0 spiro atoms. The normalized spacial score (nSPS) is 27.6. The Hall–Kier alpha value is -0.120. The van der Waals surface area contributed by atoms with Crippen LogP contribution < -0.4 is 0 Å². The summed E-state index contributed by atoms with van der Waals surface area (Å²) < 4.78 is 5.69. The highest BCUT2D eigenvalue weighted by molar-refractivity contribution is 4.81. The molecule has 3 heteroatoms. The lowest BCUT2D eigenvalue weighted by Crippen LogP contribution is -2.49. The van der Waals surface area contributed by atoms with Crippen molar-refractivity contribution in [1.82, 2.24) is 9.80 Å². The monoisotopic (exact) mass is 268 g/mol. The Labute approximate surface area is 119 Å². The molecule has 2 aliphatic rings. The zero-order valence-corrected chi connectivity index (χ0v) is 12.9. The van der Waals surface area contributed by atoms with Crippen LogP contribution in [0.3, 0.4) is 0 Å². The second-order valence-corrected chi connectivity index (χ2v) is 6.47. The SMILES string of the molecule is CC(C)OCCN1CCCC(N2CCCCCC2)C1. The van der Waals surface area contributed by atoms with Gasteiger partial charge < -0.3 is 4.74 Å². The molecule has 0 aliphatic carbocycles. The predicted octanol–water partition coefficient (Wildman–Crippen LogP) is 2.75. The number of piperidine rings is 1. The molecule has 0 bridgehead atoms. The molecule has 2 aliphatic heterocycles. The van der Waals surface area contributed by atoms with E-state index in [1.54, 1.807) is 0 Å². The smallest absolute Gasteiger partial charge is 0.0596 e. The Morgan fingerprint density at radius 1 is 1.00 bits per heavy atom. The van der Waals surface area contributed by atoms with E-state index in [4.69, 9.17) is 4.74 Å². The average molecular weight is 268 g/mol. The fourth-order valence-electron chi connectivity index (χ4n) is 3.41. The molecule has 1 unspecified atom stereocenters. The molecule has 19 heavy (non-hydrogen) atoms. The van der Waals surface area contributed by atoms with Crippen LogP contribution in [0, 0.1) is 0 Å². The lowest BCUT2D eigenvalue weighted by Gasteiger charge is -2.39. The molecule has 3 nitrogen and oxygen atoms in total. The van der Waals surface area contributed by atoms with Crippen molar-refractivity contribution in [3.8, 4) is 0 Å². The third-order valence-electron chi connectivity index (χ3n) is 4.50. The molecule has 2 fully saturated rings. The zero-order chi connectivity index (χ0) is 13.5. The maximum Gasteiger partial charge on any atom is 0.0596 e. The fraction of sp³-hybridized carbons (Fsp3) is 1.00. The summed E-state index contributed by atoms with van der Waals surface area (Å²) in [7, 11) is 0. The van der Waals surface area contributed by atoms with Gasteiger partial charge in [0.15, 0.2) is 0 Å². The van der Waals surface area contributed by atoms with Crippen LogP contribution in [0.4, 0.5) is 0 Å². The van der Waals surface area contributed by atoms with Gasteiger partial charge in [0.25, 0.3) is 0 Å². The molecule has 1 atom stereocenters. The molecule has 0 aromatic rings. The molecule has 0 amide bonds. The Bertz CT molecular complexity index is 237. The molecule has 112 valence electrons. The van der Waals surface area contributed by atoms with Crippen LogP contribution in [-0.4, -0.2) is 61.3 Å². The predicted molar refractivity (Wildman–Crippen MR) is 80.6 cm³/mol. The second-order valence-electron chi connectivity index (χ2n) is 6.47. The first-order chi connectivity index (χ1) is 9.25. The summed E-state index contributed by atoms with van der Waals surface area (Å²) in [6, 6.07) is 0.811. The van der Waals surface area contributed by atoms with Gasteiger partial charge in [0, 0.05) is 19.1 Å². The summed E-state index contributed by atoms with van der Waals surface area (Å²) in [4.78, 5) is 5.38. The van der Waals surface area contributed by atoms with Gasteiger partial charge in [0.05, 0.1) is 12.7 Å². The van der Waals surface area contributed by atoms with Crippen LogP contribution in [0.1, 0.15) is 52.4 Å². The van der Waals surface area contributed by atoms with Gasteiger partial charge in [-0.3, -0.25) is 9.80 Å². The Balaban J connectivity index is 1.72. The zero-order valence-electron chi connectivity index (χ0n) is 12.9. The molecule has 0 radical (unpaired) electrons. The van der Waals surface area contributed by atoms with Crippen molar-refractivity contribution in [2.45, 2.75) is 64.5 Å². The molecule has 0 aromatic heterocycles. The maximum absolute atomic E-state index is 5.69. The Morgan fingerprint density at radius 2 is 1.74 bits per heavy atom. The standard InChI is InChI=1S/C16H32N2O/c1-15(2)19-13-12-17-9-7-8-16(14-17)18-10-5-3-4-6-11-18/h15-16H,3-14H2,1-2H3. The first-order valence-electron chi connectivity index (χ1n) is 8.33. The molecule has 0 N–H and O–H groups in total. The first-order valence-corrected chi connectivity index (χ1v) is 8.33. The largest absolute Gasteiger partial charge is 0.377 e. The third-order valence-corrected chi connectivity index (χ3v) is 4.50. The number of nitrogens with zero attached hydrogens (tertiary/aromatic N) is 2. The van der Waals surface area contributed by atoms with E-state index in [2.05, 4.69) is 23.6 Å². The van der Waals surface area contributed by atoms with Gasteiger partial charge in [-0.05, 0) is 59.2 Å². The van der Waals surface area contributed by atoms with Crippen molar-refractivity contribution in [1.29, 1.82) is 0 Å². The summed E-state index contributed by atoms with van der Waals surface area (Å²) in [6.45, 7) is 11.5. The van der Waals surface area contributed by atoms with E-state index < -0.39 is 0 Å². The molecule has 2 rings (SSSR count). The number of hydrogen-bond acceptors (Lipinski definition) is 3. The highest BCUT2D eigenvalue weighted by Crippen LogP contribution is 2.19. The summed E-state index contributed by atoms with van der Waals surface area (Å²) >= 11 is 0. The van der Waals surface area contributed by atoms with Gasteiger partial charge >= 0.3 is 0 Å². The van der Waals surface area contributed by atoms with Gasteiger partial charge in [-0.25, -0.2) is 0 Å². The first kappa shape index (κ1) is 15.3. The van der Waals surface area contributed by atoms with Crippen molar-refractivity contribution in [2.75, 3.05) is 39.3 Å². The summed E-state index contributed by atoms with van der Waals surface area (Å²) in [6.07, 6.45) is 8.83. The van der Waals surface area contributed by atoms with Crippen molar-refractivity contribution >= 4 is 0 Å². The highest BCUT2D eigenvalue weighted by atomic mass is 16.5. The van der Waals surface area contributed by atoms with Gasteiger partial charge in [-0.2, -0.15) is 0 Å². The number of hydrogen-bond donors (Lipinski definition) is 0. The minimum absolute atomic E-state index is 0.367. The van der Waals surface area contributed by atoms with E-state index >= 15 is 0 Å². The Morgan fingerprint density at radius 3 is 2.42 bits per heavy atom. The molecular weight excluding hydrogens is 236 g/mol. The minimum Gasteiger partial charge on any atom is -0.377 e. The van der Waals surface area contributed by atoms with E-state index in [9.17, 15) is 0 Å². The highest BCUT2D eigenvalue weighted by Gasteiger charge is 2.25. The summed E-state index contributed by atoms with van der Waals surface area (Å²) in [5.41, 5.74) is 0. The van der Waals surface area contributed by atoms with E-state index in [-0.39, 0.29) is 0 Å². The summed E-state index contributed by atoms with van der Waals surface area (Å²) in [5, 5.41) is 0. The molecular formula is C16H32N2O. The Kier molecular flexibility index (Phi) is 6.62. The maximum atomic E-state index is 5.69. The topological polar surface area (TPSA) is 15.7 Å². The van der Waals surface area contributed by atoms with Crippen LogP contribution in [0.5, 0.6) is 0 Å². The van der Waals surface area contributed by atoms with Gasteiger partial charge in [-0.15, -0.1) is 0 Å². The van der Waals surface area contributed by atoms with Crippen LogP contribution in [0.15, 0.2) is 0 Å². The second kappa shape index (κ2) is 8.23. The lowest BCUT2D eigenvalue weighted by atomic mass is 10.0.